The van der Waals surface area contributed by atoms with Crippen molar-refractivity contribution >= 4 is 21.6 Å². The maximum Gasteiger partial charge on any atom is 0.240 e. The molecule has 0 saturated carbocycles. The average molecular weight is 352 g/mol. The molecular formula is C16H17FN2O4S. The Balaban J connectivity index is 1.86. The number of anilines is 1. The normalized spacial score (nSPS) is 11.1. The molecule has 0 fully saturated rings. The molecule has 2 N–H and O–H groups in total. The number of hydrogen-bond donors (Lipinski definition) is 2. The highest BCUT2D eigenvalue weighted by Gasteiger charge is 2.14. The minimum Gasteiger partial charge on any atom is -0.497 e. The van der Waals surface area contributed by atoms with Crippen LogP contribution in [0.3, 0.4) is 0 Å². The Bertz CT molecular complexity index is 807. The van der Waals surface area contributed by atoms with Gasteiger partial charge in [0.25, 0.3) is 0 Å². The molecule has 0 spiro atoms. The van der Waals surface area contributed by atoms with E-state index in [-0.39, 0.29) is 23.8 Å². The van der Waals surface area contributed by atoms with Crippen LogP contribution in [-0.2, 0) is 14.8 Å². The first-order valence-electron chi connectivity index (χ1n) is 7.10. The molecule has 0 aromatic heterocycles. The topological polar surface area (TPSA) is 84.5 Å². The minimum absolute atomic E-state index is 0.0440. The zero-order chi connectivity index (χ0) is 17.6. The quantitative estimate of drug-likeness (QED) is 0.800. The Kier molecular flexibility index (Phi) is 5.88. The van der Waals surface area contributed by atoms with Crippen LogP contribution in [0, 0.1) is 5.82 Å². The Morgan fingerprint density at radius 1 is 1.17 bits per heavy atom. The summed E-state index contributed by atoms with van der Waals surface area (Å²) in [5.41, 5.74) is 0.556. The molecule has 0 atom stereocenters. The van der Waals surface area contributed by atoms with E-state index in [4.69, 9.17) is 4.74 Å². The number of methoxy groups -OCH3 is 1. The van der Waals surface area contributed by atoms with Gasteiger partial charge in [-0.3, -0.25) is 4.79 Å². The first-order valence-corrected chi connectivity index (χ1v) is 8.58. The van der Waals surface area contributed by atoms with Gasteiger partial charge in [-0.25, -0.2) is 17.5 Å². The summed E-state index contributed by atoms with van der Waals surface area (Å²) >= 11 is 0. The molecule has 2 rings (SSSR count). The molecule has 0 unspecified atom stereocenters. The minimum atomic E-state index is -3.77. The standard InChI is InChI=1S/C16H17FN2O4S/c1-23-14-4-2-3-13(11-14)19-16(20)9-10-18-24(21,22)15-7-5-12(17)6-8-15/h2-8,11,18H,9-10H2,1H3,(H,19,20). The fourth-order valence-electron chi connectivity index (χ4n) is 1.92. The van der Waals surface area contributed by atoms with Crippen LogP contribution in [0.2, 0.25) is 0 Å². The third-order valence-electron chi connectivity index (χ3n) is 3.12. The summed E-state index contributed by atoms with van der Waals surface area (Å²) in [6.07, 6.45) is -0.0440. The van der Waals surface area contributed by atoms with Gasteiger partial charge in [0.1, 0.15) is 11.6 Å². The summed E-state index contributed by atoms with van der Waals surface area (Å²) in [7, 11) is -2.25. The summed E-state index contributed by atoms with van der Waals surface area (Å²) in [6.45, 7) is -0.0739. The number of sulfonamides is 1. The van der Waals surface area contributed by atoms with E-state index in [9.17, 15) is 17.6 Å². The Labute approximate surface area is 139 Å². The van der Waals surface area contributed by atoms with Crippen molar-refractivity contribution in [2.24, 2.45) is 0 Å². The van der Waals surface area contributed by atoms with E-state index in [2.05, 4.69) is 10.0 Å². The number of hydrogen-bond acceptors (Lipinski definition) is 4. The molecule has 0 saturated heterocycles. The lowest BCUT2D eigenvalue weighted by Gasteiger charge is -2.08. The third kappa shape index (κ3) is 5.04. The van der Waals surface area contributed by atoms with Crippen molar-refractivity contribution in [2.75, 3.05) is 19.0 Å². The zero-order valence-corrected chi connectivity index (χ0v) is 13.8. The van der Waals surface area contributed by atoms with Crippen LogP contribution >= 0.6 is 0 Å². The van der Waals surface area contributed by atoms with E-state index in [1.807, 2.05) is 0 Å². The molecular weight excluding hydrogens is 335 g/mol. The number of benzene rings is 2. The summed E-state index contributed by atoms with van der Waals surface area (Å²) in [5, 5.41) is 2.65. The van der Waals surface area contributed by atoms with E-state index in [1.165, 1.54) is 7.11 Å². The van der Waals surface area contributed by atoms with Crippen molar-refractivity contribution in [2.45, 2.75) is 11.3 Å². The number of halogens is 1. The van der Waals surface area contributed by atoms with Gasteiger partial charge in [0.15, 0.2) is 0 Å². The molecule has 0 aliphatic rings. The molecule has 0 aliphatic heterocycles. The van der Waals surface area contributed by atoms with Gasteiger partial charge in [-0.05, 0) is 36.4 Å². The Morgan fingerprint density at radius 2 is 1.88 bits per heavy atom. The first kappa shape index (κ1) is 17.9. The maximum absolute atomic E-state index is 12.8. The van der Waals surface area contributed by atoms with E-state index in [0.29, 0.717) is 11.4 Å². The SMILES string of the molecule is COc1cccc(NC(=O)CCNS(=O)(=O)c2ccc(F)cc2)c1. The highest BCUT2D eigenvalue weighted by molar-refractivity contribution is 7.89. The molecule has 2 aromatic rings. The lowest BCUT2D eigenvalue weighted by atomic mass is 10.3. The fraction of sp³-hybridized carbons (Fsp3) is 0.188. The second-order valence-corrected chi connectivity index (χ2v) is 6.65. The van der Waals surface area contributed by atoms with E-state index >= 15 is 0 Å². The predicted molar refractivity (Wildman–Crippen MR) is 87.8 cm³/mol. The zero-order valence-electron chi connectivity index (χ0n) is 13.0. The monoisotopic (exact) mass is 352 g/mol. The van der Waals surface area contributed by atoms with Crippen molar-refractivity contribution in [3.8, 4) is 5.75 Å². The van der Waals surface area contributed by atoms with E-state index in [0.717, 1.165) is 24.3 Å². The van der Waals surface area contributed by atoms with Crippen LogP contribution in [0.15, 0.2) is 53.4 Å². The van der Waals surface area contributed by atoms with Gasteiger partial charge in [-0.2, -0.15) is 0 Å². The highest BCUT2D eigenvalue weighted by Crippen LogP contribution is 2.16. The first-order chi connectivity index (χ1) is 11.4. The highest BCUT2D eigenvalue weighted by atomic mass is 32.2. The lowest BCUT2D eigenvalue weighted by molar-refractivity contribution is -0.116. The van der Waals surface area contributed by atoms with Crippen molar-refractivity contribution in [1.82, 2.24) is 4.72 Å². The Hall–Kier alpha value is -2.45. The molecule has 0 bridgehead atoms. The Morgan fingerprint density at radius 3 is 2.54 bits per heavy atom. The number of carbonyl (C=O) groups is 1. The van der Waals surface area contributed by atoms with Gasteiger partial charge >= 0.3 is 0 Å². The van der Waals surface area contributed by atoms with Crippen LogP contribution in [-0.4, -0.2) is 28.0 Å². The number of rotatable bonds is 7. The van der Waals surface area contributed by atoms with Crippen LogP contribution in [0.1, 0.15) is 6.42 Å². The van der Waals surface area contributed by atoms with Crippen molar-refractivity contribution < 1.29 is 22.3 Å². The van der Waals surface area contributed by atoms with E-state index < -0.39 is 15.8 Å². The predicted octanol–water partition coefficient (Wildman–Crippen LogP) is 2.14. The second kappa shape index (κ2) is 7.89. The number of carbonyl (C=O) groups excluding carboxylic acids is 1. The molecule has 128 valence electrons. The van der Waals surface area contributed by atoms with Gasteiger partial charge in [-0.15, -0.1) is 0 Å². The lowest BCUT2D eigenvalue weighted by Crippen LogP contribution is -2.27. The molecule has 0 heterocycles. The third-order valence-corrected chi connectivity index (χ3v) is 4.60. The van der Waals surface area contributed by atoms with Crippen LogP contribution < -0.4 is 14.8 Å². The molecule has 0 aliphatic carbocycles. The van der Waals surface area contributed by atoms with Crippen molar-refractivity contribution in [3.05, 3.63) is 54.3 Å². The van der Waals surface area contributed by atoms with Crippen molar-refractivity contribution in [3.63, 3.8) is 0 Å². The van der Waals surface area contributed by atoms with Gasteiger partial charge in [-0.1, -0.05) is 6.07 Å². The summed E-state index contributed by atoms with van der Waals surface area (Å²) in [6, 6.07) is 11.3. The summed E-state index contributed by atoms with van der Waals surface area (Å²) in [4.78, 5) is 11.8. The van der Waals surface area contributed by atoms with Crippen LogP contribution in [0.5, 0.6) is 5.75 Å². The van der Waals surface area contributed by atoms with Gasteiger partial charge < -0.3 is 10.1 Å². The maximum atomic E-state index is 12.8. The summed E-state index contributed by atoms with van der Waals surface area (Å²) < 4.78 is 44.1. The fourth-order valence-corrected chi connectivity index (χ4v) is 2.95. The molecule has 6 nitrogen and oxygen atoms in total. The van der Waals surface area contributed by atoms with Gasteiger partial charge in [0.2, 0.25) is 15.9 Å². The molecule has 8 heteroatoms. The van der Waals surface area contributed by atoms with Crippen LogP contribution in [0.4, 0.5) is 10.1 Å². The summed E-state index contributed by atoms with van der Waals surface area (Å²) in [5.74, 6) is -0.263. The van der Waals surface area contributed by atoms with Crippen LogP contribution in [0.25, 0.3) is 0 Å². The number of amides is 1. The largest absolute Gasteiger partial charge is 0.497 e. The molecule has 2 aromatic carbocycles. The van der Waals surface area contributed by atoms with Gasteiger partial charge in [0.05, 0.1) is 12.0 Å². The second-order valence-electron chi connectivity index (χ2n) is 4.88. The average Bonchev–Trinajstić information content (AvgIpc) is 2.55. The smallest absolute Gasteiger partial charge is 0.240 e. The molecule has 1 amide bonds. The number of nitrogens with one attached hydrogen (secondary N) is 2. The molecule has 0 radical (unpaired) electrons. The molecule has 24 heavy (non-hydrogen) atoms. The van der Waals surface area contributed by atoms with Crippen molar-refractivity contribution in [1.29, 1.82) is 0 Å². The van der Waals surface area contributed by atoms with Gasteiger partial charge in [0, 0.05) is 24.7 Å². The number of ether oxygens (including phenoxy) is 1. The van der Waals surface area contributed by atoms with E-state index in [1.54, 1.807) is 24.3 Å².